The summed E-state index contributed by atoms with van der Waals surface area (Å²) >= 11 is 0. The molecule has 0 saturated carbocycles. The van der Waals surface area contributed by atoms with Crippen LogP contribution in [-0.2, 0) is 4.79 Å². The third-order valence-electron chi connectivity index (χ3n) is 2.15. The summed E-state index contributed by atoms with van der Waals surface area (Å²) in [6, 6.07) is 1.72. The van der Waals surface area contributed by atoms with Crippen molar-refractivity contribution >= 4 is 17.7 Å². The fourth-order valence-electron chi connectivity index (χ4n) is 1.24. The Kier molecular flexibility index (Phi) is 5.86. The Morgan fingerprint density at radius 3 is 2.94 bits per heavy atom. The number of hydrogen-bond acceptors (Lipinski definition) is 6. The molecular weight excluding hydrogens is 232 g/mol. The average molecular weight is 252 g/mol. The lowest BCUT2D eigenvalue weighted by atomic mass is 10.2. The van der Waals surface area contributed by atoms with E-state index in [-0.39, 0.29) is 5.91 Å². The summed E-state index contributed by atoms with van der Waals surface area (Å²) in [5.41, 5.74) is 2.36. The van der Waals surface area contributed by atoms with Gasteiger partial charge >= 0.3 is 0 Å². The highest BCUT2D eigenvalue weighted by molar-refractivity contribution is 5.76. The molecule has 18 heavy (non-hydrogen) atoms. The van der Waals surface area contributed by atoms with Crippen LogP contribution in [0.15, 0.2) is 12.3 Å². The molecule has 0 spiro atoms. The van der Waals surface area contributed by atoms with E-state index in [9.17, 15) is 4.79 Å². The number of carbonyl (C=O) groups excluding carboxylic acids is 1. The molecule has 0 aromatic carbocycles. The highest BCUT2D eigenvalue weighted by atomic mass is 16.1. The molecule has 0 aliphatic heterocycles. The van der Waals surface area contributed by atoms with Gasteiger partial charge in [-0.15, -0.1) is 0 Å². The molecule has 100 valence electrons. The number of hydrogen-bond donors (Lipinski definition) is 4. The molecule has 1 aromatic heterocycles. The van der Waals surface area contributed by atoms with Crippen LogP contribution in [0, 0.1) is 5.92 Å². The van der Waals surface area contributed by atoms with Gasteiger partial charge in [0.2, 0.25) is 11.9 Å². The molecule has 5 N–H and O–H groups in total. The van der Waals surface area contributed by atoms with E-state index in [2.05, 4.69) is 39.9 Å². The van der Waals surface area contributed by atoms with Crippen molar-refractivity contribution in [2.24, 2.45) is 11.8 Å². The molecule has 0 radical (unpaired) electrons. The molecule has 0 bridgehead atoms. The maximum Gasteiger partial charge on any atom is 0.239 e. The Morgan fingerprint density at radius 1 is 1.50 bits per heavy atom. The van der Waals surface area contributed by atoms with Gasteiger partial charge in [0, 0.05) is 25.7 Å². The fourth-order valence-corrected chi connectivity index (χ4v) is 1.24. The van der Waals surface area contributed by atoms with E-state index in [1.807, 2.05) is 0 Å². The van der Waals surface area contributed by atoms with Crippen molar-refractivity contribution in [2.45, 2.75) is 20.3 Å². The molecule has 1 aromatic rings. The van der Waals surface area contributed by atoms with Gasteiger partial charge in [0.25, 0.3) is 0 Å². The van der Waals surface area contributed by atoms with Gasteiger partial charge in [0.05, 0.1) is 0 Å². The monoisotopic (exact) mass is 252 g/mol. The molecule has 1 amide bonds. The molecule has 1 heterocycles. The van der Waals surface area contributed by atoms with Crippen LogP contribution in [-0.4, -0.2) is 29.0 Å². The number of aromatic nitrogens is 2. The Hall–Kier alpha value is -1.89. The van der Waals surface area contributed by atoms with E-state index in [0.717, 1.165) is 0 Å². The summed E-state index contributed by atoms with van der Waals surface area (Å²) in [5, 5.41) is 5.88. The molecular formula is C11H20N6O. The predicted molar refractivity (Wildman–Crippen MR) is 70.8 cm³/mol. The Morgan fingerprint density at radius 2 is 2.28 bits per heavy atom. The van der Waals surface area contributed by atoms with Crippen LogP contribution in [0.3, 0.4) is 0 Å². The van der Waals surface area contributed by atoms with E-state index in [1.165, 1.54) is 0 Å². The zero-order chi connectivity index (χ0) is 13.4. The molecule has 0 saturated heterocycles. The molecule has 0 aliphatic carbocycles. The normalized spacial score (nSPS) is 10.2. The Balaban J connectivity index is 2.26. The highest BCUT2D eigenvalue weighted by Crippen LogP contribution is 2.04. The SMILES string of the molecule is CC(C)CNC(=O)CCNc1ccnc(NN)n1. The smallest absolute Gasteiger partial charge is 0.239 e. The summed E-state index contributed by atoms with van der Waals surface area (Å²) < 4.78 is 0. The van der Waals surface area contributed by atoms with E-state index in [1.54, 1.807) is 12.3 Å². The van der Waals surface area contributed by atoms with Gasteiger partial charge in [-0.3, -0.25) is 10.2 Å². The number of carbonyl (C=O) groups is 1. The van der Waals surface area contributed by atoms with Crippen LogP contribution in [0.2, 0.25) is 0 Å². The highest BCUT2D eigenvalue weighted by Gasteiger charge is 2.02. The maximum absolute atomic E-state index is 11.4. The largest absolute Gasteiger partial charge is 0.369 e. The van der Waals surface area contributed by atoms with Gasteiger partial charge < -0.3 is 10.6 Å². The number of nitrogen functional groups attached to an aromatic ring is 1. The van der Waals surface area contributed by atoms with E-state index < -0.39 is 0 Å². The first-order chi connectivity index (χ1) is 8.61. The second-order valence-electron chi connectivity index (χ2n) is 4.28. The number of nitrogens with two attached hydrogens (primary N) is 1. The zero-order valence-corrected chi connectivity index (χ0v) is 10.7. The first-order valence-corrected chi connectivity index (χ1v) is 5.92. The summed E-state index contributed by atoms with van der Waals surface area (Å²) in [6.45, 7) is 5.33. The van der Waals surface area contributed by atoms with Crippen LogP contribution in [0.1, 0.15) is 20.3 Å². The topological polar surface area (TPSA) is 105 Å². The molecule has 7 heteroatoms. The minimum absolute atomic E-state index is 0.0300. The van der Waals surface area contributed by atoms with Crippen molar-refractivity contribution in [1.82, 2.24) is 15.3 Å². The van der Waals surface area contributed by atoms with E-state index in [4.69, 9.17) is 5.84 Å². The van der Waals surface area contributed by atoms with Crippen LogP contribution in [0.4, 0.5) is 11.8 Å². The standard InChI is InChI=1S/C11H20N6O/c1-8(2)7-15-10(18)4-6-13-9-3-5-14-11(16-9)17-12/h3,5,8H,4,6-7,12H2,1-2H3,(H,15,18)(H2,13,14,16,17). The van der Waals surface area contributed by atoms with Crippen LogP contribution in [0.5, 0.6) is 0 Å². The third-order valence-corrected chi connectivity index (χ3v) is 2.15. The number of rotatable bonds is 7. The number of anilines is 2. The average Bonchev–Trinajstić information content (AvgIpc) is 2.36. The van der Waals surface area contributed by atoms with Gasteiger partial charge in [-0.2, -0.15) is 4.98 Å². The fraction of sp³-hybridized carbons (Fsp3) is 0.545. The molecule has 0 unspecified atom stereocenters. The first kappa shape index (κ1) is 14.2. The van der Waals surface area contributed by atoms with Crippen LogP contribution >= 0.6 is 0 Å². The quantitative estimate of drug-likeness (QED) is 0.412. The first-order valence-electron chi connectivity index (χ1n) is 5.92. The van der Waals surface area contributed by atoms with Gasteiger partial charge in [-0.05, 0) is 12.0 Å². The lowest BCUT2D eigenvalue weighted by molar-refractivity contribution is -0.120. The lowest BCUT2D eigenvalue weighted by Crippen LogP contribution is -2.28. The Labute approximate surface area is 107 Å². The number of amides is 1. The summed E-state index contributed by atoms with van der Waals surface area (Å²) in [7, 11) is 0. The van der Waals surface area contributed by atoms with Crippen molar-refractivity contribution < 1.29 is 4.79 Å². The lowest BCUT2D eigenvalue weighted by Gasteiger charge is -2.08. The third kappa shape index (κ3) is 5.44. The molecule has 0 fully saturated rings. The zero-order valence-electron chi connectivity index (χ0n) is 10.7. The van der Waals surface area contributed by atoms with Crippen molar-refractivity contribution in [3.05, 3.63) is 12.3 Å². The minimum atomic E-state index is 0.0300. The Bertz CT molecular complexity index is 382. The van der Waals surface area contributed by atoms with Gasteiger partial charge in [-0.1, -0.05) is 13.8 Å². The maximum atomic E-state index is 11.4. The molecule has 0 aliphatic rings. The molecule has 7 nitrogen and oxygen atoms in total. The van der Waals surface area contributed by atoms with Gasteiger partial charge in [-0.25, -0.2) is 10.8 Å². The second kappa shape index (κ2) is 7.44. The number of hydrazine groups is 1. The predicted octanol–water partition coefficient (Wildman–Crippen LogP) is 0.336. The van der Waals surface area contributed by atoms with Crippen molar-refractivity contribution in [2.75, 3.05) is 23.8 Å². The van der Waals surface area contributed by atoms with E-state index in [0.29, 0.717) is 37.2 Å². The minimum Gasteiger partial charge on any atom is -0.369 e. The van der Waals surface area contributed by atoms with Gasteiger partial charge in [0.15, 0.2) is 0 Å². The van der Waals surface area contributed by atoms with Crippen LogP contribution in [0.25, 0.3) is 0 Å². The van der Waals surface area contributed by atoms with Gasteiger partial charge in [0.1, 0.15) is 5.82 Å². The second-order valence-corrected chi connectivity index (χ2v) is 4.28. The summed E-state index contributed by atoms with van der Waals surface area (Å²) in [6.07, 6.45) is 1.99. The molecule has 1 rings (SSSR count). The number of nitrogens with zero attached hydrogens (tertiary/aromatic N) is 2. The van der Waals surface area contributed by atoms with Crippen molar-refractivity contribution in [3.8, 4) is 0 Å². The van der Waals surface area contributed by atoms with Crippen molar-refractivity contribution in [3.63, 3.8) is 0 Å². The number of nitrogens with one attached hydrogen (secondary N) is 3. The van der Waals surface area contributed by atoms with Crippen LogP contribution < -0.4 is 21.9 Å². The van der Waals surface area contributed by atoms with Crippen molar-refractivity contribution in [1.29, 1.82) is 0 Å². The molecule has 0 atom stereocenters. The summed E-state index contributed by atoms with van der Waals surface area (Å²) in [4.78, 5) is 19.4. The summed E-state index contributed by atoms with van der Waals surface area (Å²) in [5.74, 6) is 6.66. The van der Waals surface area contributed by atoms with E-state index >= 15 is 0 Å².